The van der Waals surface area contributed by atoms with E-state index in [1.165, 1.54) is 0 Å². The van der Waals surface area contributed by atoms with Crippen molar-refractivity contribution in [1.82, 2.24) is 9.38 Å². The van der Waals surface area contributed by atoms with Crippen molar-refractivity contribution in [2.24, 2.45) is 0 Å². The number of halogens is 1. The van der Waals surface area contributed by atoms with Gasteiger partial charge in [-0.15, -0.1) is 0 Å². The number of methoxy groups -OCH3 is 1. The van der Waals surface area contributed by atoms with Crippen LogP contribution in [0.5, 0.6) is 5.88 Å². The normalized spacial score (nSPS) is 10.5. The van der Waals surface area contributed by atoms with E-state index >= 15 is 0 Å². The van der Waals surface area contributed by atoms with Gasteiger partial charge in [0, 0.05) is 0 Å². The molecule has 0 unspecified atom stereocenters. The topological polar surface area (TPSA) is 26.5 Å². The molecule has 0 aliphatic heterocycles. The van der Waals surface area contributed by atoms with Crippen LogP contribution in [0.15, 0.2) is 24.4 Å². The lowest BCUT2D eigenvalue weighted by molar-refractivity contribution is 0.392. The smallest absolute Gasteiger partial charge is 0.200 e. The van der Waals surface area contributed by atoms with Gasteiger partial charge in [-0.2, -0.15) is 0 Å². The quantitative estimate of drug-likeness (QED) is 0.675. The van der Waals surface area contributed by atoms with Gasteiger partial charge in [0.25, 0.3) is 0 Å². The Hall–Kier alpha value is -1.22. The Kier molecular flexibility index (Phi) is 1.66. The first kappa shape index (κ1) is 7.43. The van der Waals surface area contributed by atoms with E-state index in [0.717, 1.165) is 5.65 Å². The van der Waals surface area contributed by atoms with Gasteiger partial charge < -0.3 is 4.74 Å². The summed E-state index contributed by atoms with van der Waals surface area (Å²) in [5.41, 5.74) is 0.791. The van der Waals surface area contributed by atoms with Crippen LogP contribution in [0, 0.1) is 0 Å². The summed E-state index contributed by atoms with van der Waals surface area (Å²) < 4.78 is 6.84. The Bertz CT molecular complexity index is 410. The molecule has 0 amide bonds. The SMILES string of the molecule is COc1cccc2ncc(Cl)n12. The predicted molar refractivity (Wildman–Crippen MR) is 46.8 cm³/mol. The highest BCUT2D eigenvalue weighted by Crippen LogP contribution is 2.19. The van der Waals surface area contributed by atoms with E-state index < -0.39 is 0 Å². The van der Waals surface area contributed by atoms with Crippen molar-refractivity contribution in [3.8, 4) is 5.88 Å². The number of hydrogen-bond donors (Lipinski definition) is 0. The van der Waals surface area contributed by atoms with Gasteiger partial charge in [0.2, 0.25) is 0 Å². The van der Waals surface area contributed by atoms with Gasteiger partial charge in [0.15, 0.2) is 5.88 Å². The highest BCUT2D eigenvalue weighted by molar-refractivity contribution is 6.29. The second-order valence-electron chi connectivity index (χ2n) is 2.34. The van der Waals surface area contributed by atoms with E-state index in [9.17, 15) is 0 Å². The van der Waals surface area contributed by atoms with Crippen molar-refractivity contribution in [2.75, 3.05) is 7.11 Å². The Morgan fingerprint density at radius 1 is 1.50 bits per heavy atom. The first-order valence-electron chi connectivity index (χ1n) is 3.49. The number of imidazole rings is 1. The standard InChI is InChI=1S/C8H7ClN2O/c1-12-8-4-2-3-7-10-5-6(9)11(7)8/h2-5H,1H3. The van der Waals surface area contributed by atoms with Gasteiger partial charge in [-0.1, -0.05) is 17.7 Å². The van der Waals surface area contributed by atoms with Crippen LogP contribution < -0.4 is 4.74 Å². The molecule has 3 nitrogen and oxygen atoms in total. The maximum atomic E-state index is 5.88. The third-order valence-electron chi connectivity index (χ3n) is 1.66. The summed E-state index contributed by atoms with van der Waals surface area (Å²) in [6.07, 6.45) is 1.60. The highest BCUT2D eigenvalue weighted by Gasteiger charge is 2.03. The first-order chi connectivity index (χ1) is 5.83. The molecule has 0 bridgehead atoms. The van der Waals surface area contributed by atoms with Crippen LogP contribution >= 0.6 is 11.6 Å². The van der Waals surface area contributed by atoms with Crippen molar-refractivity contribution in [3.05, 3.63) is 29.5 Å². The number of aromatic nitrogens is 2. The lowest BCUT2D eigenvalue weighted by atomic mass is 10.4. The van der Waals surface area contributed by atoms with Gasteiger partial charge in [-0.05, 0) is 12.1 Å². The fourth-order valence-electron chi connectivity index (χ4n) is 1.13. The molecule has 0 fully saturated rings. The molecule has 12 heavy (non-hydrogen) atoms. The van der Waals surface area contributed by atoms with E-state index in [-0.39, 0.29) is 0 Å². The minimum atomic E-state index is 0.558. The second kappa shape index (κ2) is 2.68. The lowest BCUT2D eigenvalue weighted by Gasteiger charge is -2.02. The Balaban J connectivity index is 2.84. The van der Waals surface area contributed by atoms with Gasteiger partial charge >= 0.3 is 0 Å². The van der Waals surface area contributed by atoms with Gasteiger partial charge in [0.05, 0.1) is 13.3 Å². The zero-order chi connectivity index (χ0) is 8.55. The summed E-state index contributed by atoms with van der Waals surface area (Å²) in [5.74, 6) is 0.690. The molecule has 0 aromatic carbocycles. The second-order valence-corrected chi connectivity index (χ2v) is 2.73. The van der Waals surface area contributed by atoms with Crippen LogP contribution in [0.4, 0.5) is 0 Å². The van der Waals surface area contributed by atoms with Gasteiger partial charge in [-0.25, -0.2) is 4.98 Å². The molecular weight excluding hydrogens is 176 g/mol. The lowest BCUT2D eigenvalue weighted by Crippen LogP contribution is -1.92. The fourth-order valence-corrected chi connectivity index (χ4v) is 1.35. The summed E-state index contributed by atoms with van der Waals surface area (Å²) in [4.78, 5) is 4.08. The summed E-state index contributed by atoms with van der Waals surface area (Å²) in [6, 6.07) is 5.58. The average Bonchev–Trinajstić information content (AvgIpc) is 2.48. The maximum absolute atomic E-state index is 5.88. The minimum Gasteiger partial charge on any atom is -0.482 e. The number of ether oxygens (including phenoxy) is 1. The first-order valence-corrected chi connectivity index (χ1v) is 3.86. The molecule has 2 heterocycles. The van der Waals surface area contributed by atoms with E-state index in [0.29, 0.717) is 11.0 Å². The van der Waals surface area contributed by atoms with Crippen LogP contribution in [-0.2, 0) is 0 Å². The largest absolute Gasteiger partial charge is 0.482 e. The molecule has 0 radical (unpaired) electrons. The van der Waals surface area contributed by atoms with Crippen LogP contribution in [-0.4, -0.2) is 16.5 Å². The van der Waals surface area contributed by atoms with E-state index in [1.807, 2.05) is 18.2 Å². The third-order valence-corrected chi connectivity index (χ3v) is 1.93. The molecule has 2 rings (SSSR count). The molecule has 0 N–H and O–H groups in total. The minimum absolute atomic E-state index is 0.558. The highest BCUT2D eigenvalue weighted by atomic mass is 35.5. The summed E-state index contributed by atoms with van der Waals surface area (Å²) in [7, 11) is 1.60. The Morgan fingerprint density at radius 3 is 3.08 bits per heavy atom. The molecule has 0 spiro atoms. The Morgan fingerprint density at radius 2 is 2.33 bits per heavy atom. The molecule has 2 aromatic rings. The average molecular weight is 183 g/mol. The van der Waals surface area contributed by atoms with E-state index in [1.54, 1.807) is 17.7 Å². The maximum Gasteiger partial charge on any atom is 0.200 e. The number of rotatable bonds is 1. The zero-order valence-electron chi connectivity index (χ0n) is 6.49. The molecule has 0 aliphatic rings. The monoisotopic (exact) mass is 182 g/mol. The van der Waals surface area contributed by atoms with E-state index in [4.69, 9.17) is 16.3 Å². The summed E-state index contributed by atoms with van der Waals surface area (Å²) in [6.45, 7) is 0. The van der Waals surface area contributed by atoms with E-state index in [2.05, 4.69) is 4.98 Å². The predicted octanol–water partition coefficient (Wildman–Crippen LogP) is 2.00. The molecule has 0 atom stereocenters. The van der Waals surface area contributed by atoms with Crippen LogP contribution in [0.25, 0.3) is 5.65 Å². The summed E-state index contributed by atoms with van der Waals surface area (Å²) >= 11 is 5.88. The van der Waals surface area contributed by atoms with Crippen molar-refractivity contribution in [1.29, 1.82) is 0 Å². The Labute approximate surface area is 74.6 Å². The molecule has 0 saturated heterocycles. The fraction of sp³-hybridized carbons (Fsp3) is 0.125. The molecule has 0 aliphatic carbocycles. The van der Waals surface area contributed by atoms with Crippen molar-refractivity contribution in [3.63, 3.8) is 0 Å². The van der Waals surface area contributed by atoms with Crippen LogP contribution in [0.2, 0.25) is 5.15 Å². The van der Waals surface area contributed by atoms with Crippen molar-refractivity contribution in [2.45, 2.75) is 0 Å². The molecule has 2 aromatic heterocycles. The number of nitrogens with zero attached hydrogens (tertiary/aromatic N) is 2. The van der Waals surface area contributed by atoms with Gasteiger partial charge in [-0.3, -0.25) is 4.40 Å². The number of hydrogen-bond acceptors (Lipinski definition) is 2. The molecular formula is C8H7ClN2O. The third kappa shape index (κ3) is 0.940. The summed E-state index contributed by atoms with van der Waals surface area (Å²) in [5, 5.41) is 0.558. The van der Waals surface area contributed by atoms with Crippen LogP contribution in [0.3, 0.4) is 0 Å². The zero-order valence-corrected chi connectivity index (χ0v) is 7.25. The number of fused-ring (bicyclic) bond motifs is 1. The van der Waals surface area contributed by atoms with Crippen LogP contribution in [0.1, 0.15) is 0 Å². The van der Waals surface area contributed by atoms with Crippen molar-refractivity contribution >= 4 is 17.2 Å². The number of pyridine rings is 1. The van der Waals surface area contributed by atoms with Gasteiger partial charge in [0.1, 0.15) is 10.8 Å². The molecule has 62 valence electrons. The molecule has 4 heteroatoms. The molecule has 0 saturated carbocycles. The van der Waals surface area contributed by atoms with Crippen molar-refractivity contribution < 1.29 is 4.74 Å².